The van der Waals surface area contributed by atoms with E-state index in [9.17, 15) is 43.9 Å². The Morgan fingerprint density at radius 3 is 1.70 bits per heavy atom. The van der Waals surface area contributed by atoms with Gasteiger partial charge in [0.2, 0.25) is 0 Å². The average Bonchev–Trinajstić information content (AvgIpc) is 2.32. The van der Waals surface area contributed by atoms with Crippen molar-refractivity contribution in [3.8, 4) is 0 Å². The first-order valence-corrected chi connectivity index (χ1v) is 5.55. The van der Waals surface area contributed by atoms with Crippen molar-refractivity contribution in [1.29, 1.82) is 0 Å². The molecule has 0 saturated carbocycles. The fraction of sp³-hybridized carbons (Fsp3) is 0.455. The van der Waals surface area contributed by atoms with Crippen LogP contribution >= 0.6 is 0 Å². The average molecular weight is 359 g/mol. The molecule has 132 valence electrons. The van der Waals surface area contributed by atoms with Gasteiger partial charge in [0.05, 0.1) is 17.2 Å². The zero-order valence-corrected chi connectivity index (χ0v) is 10.6. The summed E-state index contributed by atoms with van der Waals surface area (Å²) in [5.41, 5.74) is -1.52. The minimum Gasteiger partial charge on any atom is -0.382 e. The van der Waals surface area contributed by atoms with Gasteiger partial charge in [-0.1, -0.05) is 0 Å². The Morgan fingerprint density at radius 2 is 1.35 bits per heavy atom. The van der Waals surface area contributed by atoms with Crippen molar-refractivity contribution in [1.82, 2.24) is 0 Å². The number of nitrogens with two attached hydrogens (primary N) is 1. The largest absolute Gasteiger partial charge is 0.416 e. The summed E-state index contributed by atoms with van der Waals surface area (Å²) in [5.74, 6) is -2.26. The maximum absolute atomic E-state index is 13.6. The number of aliphatic hydroxyl groups is 1. The molecule has 0 aliphatic rings. The van der Waals surface area contributed by atoms with E-state index in [4.69, 9.17) is 10.8 Å². The Bertz CT molecular complexity index is 574. The van der Waals surface area contributed by atoms with Crippen LogP contribution in [0.1, 0.15) is 22.7 Å². The van der Waals surface area contributed by atoms with E-state index in [2.05, 4.69) is 0 Å². The van der Waals surface area contributed by atoms with Crippen LogP contribution in [0.4, 0.5) is 43.9 Å². The lowest BCUT2D eigenvalue weighted by Gasteiger charge is -2.25. The lowest BCUT2D eigenvalue weighted by Crippen LogP contribution is -2.40. The predicted octanol–water partition coefficient (Wildman–Crippen LogP) is 3.79. The van der Waals surface area contributed by atoms with Crippen molar-refractivity contribution < 1.29 is 49.0 Å². The minimum atomic E-state index is -5.62. The monoisotopic (exact) mass is 359 g/mol. The van der Waals surface area contributed by atoms with Crippen molar-refractivity contribution >= 4 is 0 Å². The van der Waals surface area contributed by atoms with E-state index >= 15 is 0 Å². The summed E-state index contributed by atoms with van der Waals surface area (Å²) in [6.45, 7) is 0. The lowest BCUT2D eigenvalue weighted by molar-refractivity contribution is -0.211. The molecule has 0 amide bonds. The van der Waals surface area contributed by atoms with Gasteiger partial charge in [0.25, 0.3) is 0 Å². The number of aliphatic hydroxyl groups excluding tert-OH is 1. The van der Waals surface area contributed by atoms with E-state index in [1.165, 1.54) is 0 Å². The summed E-state index contributed by atoms with van der Waals surface area (Å²) in [5, 5.41) is 8.85. The highest BCUT2D eigenvalue weighted by Crippen LogP contribution is 2.42. The second kappa shape index (κ2) is 5.82. The van der Waals surface area contributed by atoms with Crippen LogP contribution in [-0.4, -0.2) is 17.4 Å². The molecular formula is C11H7F10NO. The predicted molar refractivity (Wildman–Crippen MR) is 55.4 cm³/mol. The molecule has 0 aromatic heterocycles. The lowest BCUT2D eigenvalue weighted by atomic mass is 9.93. The third-order valence-corrected chi connectivity index (χ3v) is 2.77. The second-order valence-corrected chi connectivity index (χ2v) is 4.43. The zero-order valence-electron chi connectivity index (χ0n) is 10.6. The summed E-state index contributed by atoms with van der Waals surface area (Å²) in [6.07, 6.45) is -20.1. The van der Waals surface area contributed by atoms with Crippen molar-refractivity contribution in [2.45, 2.75) is 30.7 Å². The van der Waals surface area contributed by atoms with Gasteiger partial charge in [0.15, 0.2) is 6.10 Å². The summed E-state index contributed by atoms with van der Waals surface area (Å²) in [4.78, 5) is 0. The minimum absolute atomic E-state index is 0.423. The van der Waals surface area contributed by atoms with Crippen LogP contribution in [0.25, 0.3) is 0 Å². The number of hydrogen-bond acceptors (Lipinski definition) is 2. The molecule has 0 fully saturated rings. The van der Waals surface area contributed by atoms with Crippen LogP contribution in [0.5, 0.6) is 0 Å². The standard InChI is InChI=1S/C11H7F10NO/c12-5-2-3(9(13,14)15)1-4(10(16,17)18)6(5)7(22)8(23)11(19,20)21/h1-2,7-8,23H,22H2/t7-,8-/m1/s1. The summed E-state index contributed by atoms with van der Waals surface area (Å²) < 4.78 is 126. The molecule has 0 saturated heterocycles. The number of hydrogen-bond donors (Lipinski definition) is 2. The molecule has 3 N–H and O–H groups in total. The van der Waals surface area contributed by atoms with Gasteiger partial charge in [-0.3, -0.25) is 0 Å². The quantitative estimate of drug-likeness (QED) is 0.790. The van der Waals surface area contributed by atoms with Gasteiger partial charge in [0.1, 0.15) is 5.82 Å². The SMILES string of the molecule is N[C@H](c1c(F)cc(C(F)(F)F)cc1C(F)(F)F)[C@@H](O)C(F)(F)F. The third kappa shape index (κ3) is 4.25. The summed E-state index contributed by atoms with van der Waals surface area (Å²) in [7, 11) is 0. The molecule has 2 atom stereocenters. The van der Waals surface area contributed by atoms with Crippen LogP contribution in [0.15, 0.2) is 12.1 Å². The summed E-state index contributed by atoms with van der Waals surface area (Å²) >= 11 is 0. The van der Waals surface area contributed by atoms with Gasteiger partial charge in [-0.05, 0) is 12.1 Å². The van der Waals surface area contributed by atoms with E-state index in [0.29, 0.717) is 0 Å². The van der Waals surface area contributed by atoms with Crippen molar-refractivity contribution in [2.24, 2.45) is 5.73 Å². The molecular weight excluding hydrogens is 352 g/mol. The molecule has 0 bridgehead atoms. The van der Waals surface area contributed by atoms with E-state index in [0.717, 1.165) is 0 Å². The first-order valence-electron chi connectivity index (χ1n) is 5.55. The Balaban J connectivity index is 3.60. The number of alkyl halides is 9. The van der Waals surface area contributed by atoms with E-state index in [-0.39, 0.29) is 0 Å². The molecule has 0 aliphatic heterocycles. The first kappa shape index (κ1) is 19.5. The van der Waals surface area contributed by atoms with Crippen LogP contribution in [0.2, 0.25) is 0 Å². The third-order valence-electron chi connectivity index (χ3n) is 2.77. The van der Waals surface area contributed by atoms with E-state index in [1.54, 1.807) is 0 Å². The number of benzene rings is 1. The number of halogens is 10. The molecule has 0 spiro atoms. The van der Waals surface area contributed by atoms with Crippen molar-refractivity contribution in [3.05, 3.63) is 34.6 Å². The maximum Gasteiger partial charge on any atom is 0.416 e. The van der Waals surface area contributed by atoms with Gasteiger partial charge < -0.3 is 10.8 Å². The fourth-order valence-corrected chi connectivity index (χ4v) is 1.72. The Labute approximate surface area is 121 Å². The second-order valence-electron chi connectivity index (χ2n) is 4.43. The highest BCUT2D eigenvalue weighted by atomic mass is 19.4. The highest BCUT2D eigenvalue weighted by Gasteiger charge is 2.47. The highest BCUT2D eigenvalue weighted by molar-refractivity contribution is 5.39. The molecule has 1 aromatic carbocycles. The van der Waals surface area contributed by atoms with Crippen LogP contribution in [0, 0.1) is 5.82 Å². The van der Waals surface area contributed by atoms with Crippen molar-refractivity contribution in [3.63, 3.8) is 0 Å². The van der Waals surface area contributed by atoms with Crippen LogP contribution in [-0.2, 0) is 12.4 Å². The zero-order chi connectivity index (χ0) is 18.4. The van der Waals surface area contributed by atoms with Gasteiger partial charge in [-0.2, -0.15) is 39.5 Å². The molecule has 1 aromatic rings. The van der Waals surface area contributed by atoms with E-state index < -0.39 is 65.3 Å². The molecule has 12 heteroatoms. The Kier molecular flexibility index (Phi) is 4.93. The number of rotatable bonds is 2. The molecule has 0 heterocycles. The van der Waals surface area contributed by atoms with Crippen LogP contribution < -0.4 is 5.73 Å². The molecule has 0 radical (unpaired) electrons. The molecule has 1 rings (SSSR count). The van der Waals surface area contributed by atoms with Crippen LogP contribution in [0.3, 0.4) is 0 Å². The van der Waals surface area contributed by atoms with Gasteiger partial charge in [0, 0.05) is 5.56 Å². The summed E-state index contributed by atoms with van der Waals surface area (Å²) in [6, 6.07) is -3.96. The maximum atomic E-state index is 13.6. The molecule has 23 heavy (non-hydrogen) atoms. The molecule has 2 nitrogen and oxygen atoms in total. The molecule has 0 aliphatic carbocycles. The molecule has 0 unspecified atom stereocenters. The van der Waals surface area contributed by atoms with Gasteiger partial charge in [-0.15, -0.1) is 0 Å². The smallest absolute Gasteiger partial charge is 0.382 e. The Morgan fingerprint density at radius 1 is 0.870 bits per heavy atom. The van der Waals surface area contributed by atoms with E-state index in [1.807, 2.05) is 0 Å². The van der Waals surface area contributed by atoms with Crippen molar-refractivity contribution in [2.75, 3.05) is 0 Å². The topological polar surface area (TPSA) is 46.2 Å². The van der Waals surface area contributed by atoms with Gasteiger partial charge >= 0.3 is 18.5 Å². The first-order chi connectivity index (χ1) is 10.1. The normalized spacial score (nSPS) is 16.3. The fourth-order valence-electron chi connectivity index (χ4n) is 1.72. The van der Waals surface area contributed by atoms with Gasteiger partial charge in [-0.25, -0.2) is 4.39 Å². The Hall–Kier alpha value is -1.56.